The highest BCUT2D eigenvalue weighted by Gasteiger charge is 2.04. The average molecular weight is 478 g/mol. The molecule has 0 radical (unpaired) electrons. The van der Waals surface area contributed by atoms with Gasteiger partial charge in [0.2, 0.25) is 0 Å². The number of aromatic nitrogens is 3. The molecule has 0 aliphatic heterocycles. The molecule has 0 amide bonds. The summed E-state index contributed by atoms with van der Waals surface area (Å²) in [5.41, 5.74) is 1.10. The second-order valence-electron chi connectivity index (χ2n) is 5.64. The summed E-state index contributed by atoms with van der Waals surface area (Å²) in [6.45, 7) is 1.18. The van der Waals surface area contributed by atoms with Crippen LogP contribution in [0.25, 0.3) is 0 Å². The van der Waals surface area contributed by atoms with Gasteiger partial charge in [-0.05, 0) is 29.8 Å². The third kappa shape index (κ3) is 6.24. The van der Waals surface area contributed by atoms with Gasteiger partial charge in [-0.3, -0.25) is 9.67 Å². The molecule has 0 saturated carbocycles. The minimum Gasteiger partial charge on any atom is -0.457 e. The number of aryl methyl sites for hydroxylation is 1. The van der Waals surface area contributed by atoms with Crippen LogP contribution in [0.3, 0.4) is 0 Å². The van der Waals surface area contributed by atoms with Gasteiger partial charge in [0.15, 0.2) is 5.96 Å². The van der Waals surface area contributed by atoms with Crippen LogP contribution in [0, 0.1) is 0 Å². The molecular formula is C19H23IN6O. The second-order valence-corrected chi connectivity index (χ2v) is 5.64. The molecule has 0 aliphatic rings. The molecule has 7 nitrogen and oxygen atoms in total. The number of hydrogen-bond acceptors (Lipinski definition) is 4. The van der Waals surface area contributed by atoms with Crippen LogP contribution >= 0.6 is 24.0 Å². The Balaban J connectivity index is 0.00000261. The first kappa shape index (κ1) is 20.7. The lowest BCUT2D eigenvalue weighted by atomic mass is 10.2. The molecular weight excluding hydrogens is 455 g/mol. The van der Waals surface area contributed by atoms with Crippen molar-refractivity contribution in [3.8, 4) is 11.5 Å². The minimum absolute atomic E-state index is 0. The highest BCUT2D eigenvalue weighted by Crippen LogP contribution is 2.21. The number of guanidine groups is 1. The number of nitrogens with one attached hydrogen (secondary N) is 2. The molecule has 0 spiro atoms. The number of para-hydroxylation sites is 1. The number of halogens is 1. The van der Waals surface area contributed by atoms with Crippen LogP contribution in [-0.4, -0.2) is 27.8 Å². The van der Waals surface area contributed by atoms with Crippen molar-refractivity contribution in [1.29, 1.82) is 0 Å². The van der Waals surface area contributed by atoms with Crippen molar-refractivity contribution >= 4 is 29.9 Å². The molecule has 0 atom stereocenters. The second kappa shape index (κ2) is 10.5. The number of aliphatic imine (C=N–C) groups is 1. The van der Waals surface area contributed by atoms with Gasteiger partial charge in [0.1, 0.15) is 23.7 Å². The Morgan fingerprint density at radius 1 is 1.04 bits per heavy atom. The maximum atomic E-state index is 5.87. The van der Waals surface area contributed by atoms with Crippen molar-refractivity contribution in [2.45, 2.75) is 13.1 Å². The van der Waals surface area contributed by atoms with Crippen molar-refractivity contribution < 1.29 is 4.74 Å². The third-order valence-corrected chi connectivity index (χ3v) is 3.78. The molecule has 0 unspecified atom stereocenters. The van der Waals surface area contributed by atoms with Crippen LogP contribution in [0.2, 0.25) is 0 Å². The van der Waals surface area contributed by atoms with E-state index in [1.54, 1.807) is 11.7 Å². The van der Waals surface area contributed by atoms with Gasteiger partial charge in [0.25, 0.3) is 0 Å². The molecule has 142 valence electrons. The van der Waals surface area contributed by atoms with Crippen molar-refractivity contribution in [3.05, 3.63) is 72.3 Å². The van der Waals surface area contributed by atoms with Gasteiger partial charge in [-0.2, -0.15) is 5.10 Å². The van der Waals surface area contributed by atoms with Gasteiger partial charge < -0.3 is 15.4 Å². The molecule has 3 aromatic rings. The van der Waals surface area contributed by atoms with Crippen LogP contribution in [-0.2, 0) is 20.1 Å². The van der Waals surface area contributed by atoms with Crippen LogP contribution in [0.1, 0.15) is 11.4 Å². The monoisotopic (exact) mass is 478 g/mol. The first-order valence-corrected chi connectivity index (χ1v) is 8.34. The van der Waals surface area contributed by atoms with E-state index >= 15 is 0 Å². The first-order valence-electron chi connectivity index (χ1n) is 8.34. The molecule has 27 heavy (non-hydrogen) atoms. The fourth-order valence-electron chi connectivity index (χ4n) is 2.39. The van der Waals surface area contributed by atoms with E-state index in [1.165, 1.54) is 6.33 Å². The maximum absolute atomic E-state index is 5.87. The van der Waals surface area contributed by atoms with E-state index in [0.29, 0.717) is 19.0 Å². The van der Waals surface area contributed by atoms with E-state index in [2.05, 4.69) is 25.7 Å². The Bertz CT molecular complexity index is 865. The molecule has 0 fully saturated rings. The molecule has 1 aromatic heterocycles. The topological polar surface area (TPSA) is 76.4 Å². The zero-order chi connectivity index (χ0) is 18.2. The van der Waals surface area contributed by atoms with E-state index in [-0.39, 0.29) is 24.0 Å². The van der Waals surface area contributed by atoms with Gasteiger partial charge in [0, 0.05) is 20.6 Å². The Hall–Kier alpha value is -2.62. The summed E-state index contributed by atoms with van der Waals surface area (Å²) in [4.78, 5) is 8.41. The van der Waals surface area contributed by atoms with Gasteiger partial charge in [0.05, 0.1) is 6.54 Å². The van der Waals surface area contributed by atoms with E-state index < -0.39 is 0 Å². The number of ether oxygens (including phenoxy) is 1. The smallest absolute Gasteiger partial charge is 0.191 e. The van der Waals surface area contributed by atoms with E-state index in [4.69, 9.17) is 4.74 Å². The normalized spacial score (nSPS) is 10.8. The molecule has 2 N–H and O–H groups in total. The lowest BCUT2D eigenvalue weighted by molar-refractivity contribution is 0.482. The highest BCUT2D eigenvalue weighted by molar-refractivity contribution is 14.0. The van der Waals surface area contributed by atoms with Crippen molar-refractivity contribution in [2.75, 3.05) is 7.05 Å². The van der Waals surface area contributed by atoms with Gasteiger partial charge in [-0.25, -0.2) is 4.98 Å². The van der Waals surface area contributed by atoms with Crippen LogP contribution in [0.15, 0.2) is 65.9 Å². The summed E-state index contributed by atoms with van der Waals surface area (Å²) >= 11 is 0. The highest BCUT2D eigenvalue weighted by atomic mass is 127. The lowest BCUT2D eigenvalue weighted by Crippen LogP contribution is -2.36. The van der Waals surface area contributed by atoms with Crippen molar-refractivity contribution in [3.63, 3.8) is 0 Å². The SMILES string of the molecule is CN=C(NCc1cccc(Oc2ccccc2)c1)NCc1ncnn1C.I. The number of benzene rings is 2. The third-order valence-electron chi connectivity index (χ3n) is 3.78. The standard InChI is InChI=1S/C19H22N6O.HI/c1-20-19(22-13-18-23-14-24-25(18)2)21-12-15-7-6-10-17(11-15)26-16-8-4-3-5-9-16;/h3-11,14H,12-13H2,1-2H3,(H2,20,21,22);1H. The number of rotatable bonds is 6. The molecule has 8 heteroatoms. The summed E-state index contributed by atoms with van der Waals surface area (Å²) in [5.74, 6) is 3.16. The van der Waals surface area contributed by atoms with Crippen LogP contribution < -0.4 is 15.4 Å². The number of nitrogens with zero attached hydrogens (tertiary/aromatic N) is 4. The molecule has 0 bridgehead atoms. The maximum Gasteiger partial charge on any atom is 0.191 e. The molecule has 3 rings (SSSR count). The fourth-order valence-corrected chi connectivity index (χ4v) is 2.39. The number of hydrogen-bond donors (Lipinski definition) is 2. The average Bonchev–Trinajstić information content (AvgIpc) is 3.08. The first-order chi connectivity index (χ1) is 12.7. The Morgan fingerprint density at radius 3 is 2.48 bits per heavy atom. The predicted octanol–water partition coefficient (Wildman–Crippen LogP) is 3.09. The molecule has 0 aliphatic carbocycles. The molecule has 0 saturated heterocycles. The lowest BCUT2D eigenvalue weighted by Gasteiger charge is -2.12. The fraction of sp³-hybridized carbons (Fsp3) is 0.211. The summed E-state index contributed by atoms with van der Waals surface area (Å²) in [5, 5.41) is 10.6. The largest absolute Gasteiger partial charge is 0.457 e. The van der Waals surface area contributed by atoms with Gasteiger partial charge in [-0.15, -0.1) is 24.0 Å². The summed E-state index contributed by atoms with van der Waals surface area (Å²) in [7, 11) is 3.60. The van der Waals surface area contributed by atoms with Crippen LogP contribution in [0.5, 0.6) is 11.5 Å². The Kier molecular flexibility index (Phi) is 8.05. The molecule has 2 aromatic carbocycles. The van der Waals surface area contributed by atoms with Crippen molar-refractivity contribution in [1.82, 2.24) is 25.4 Å². The van der Waals surface area contributed by atoms with E-state index in [0.717, 1.165) is 22.9 Å². The Labute approximate surface area is 175 Å². The quantitative estimate of drug-likeness (QED) is 0.324. The summed E-state index contributed by atoms with van der Waals surface area (Å²) in [6, 6.07) is 17.7. The summed E-state index contributed by atoms with van der Waals surface area (Å²) < 4.78 is 7.60. The Morgan fingerprint density at radius 2 is 1.78 bits per heavy atom. The van der Waals surface area contributed by atoms with Gasteiger partial charge in [-0.1, -0.05) is 30.3 Å². The minimum atomic E-state index is 0. The van der Waals surface area contributed by atoms with E-state index in [9.17, 15) is 0 Å². The zero-order valence-corrected chi connectivity index (χ0v) is 17.6. The molecule has 1 heterocycles. The predicted molar refractivity (Wildman–Crippen MR) is 116 cm³/mol. The van der Waals surface area contributed by atoms with E-state index in [1.807, 2.05) is 61.6 Å². The van der Waals surface area contributed by atoms with Crippen molar-refractivity contribution in [2.24, 2.45) is 12.0 Å². The van der Waals surface area contributed by atoms with Gasteiger partial charge >= 0.3 is 0 Å². The zero-order valence-electron chi connectivity index (χ0n) is 15.3. The van der Waals surface area contributed by atoms with Crippen LogP contribution in [0.4, 0.5) is 0 Å². The summed E-state index contributed by atoms with van der Waals surface area (Å²) in [6.07, 6.45) is 1.53.